The Kier molecular flexibility index (Phi) is 5.70. The number of nitro benzene ring substituents is 1. The summed E-state index contributed by atoms with van der Waals surface area (Å²) in [5.74, 6) is 0. The maximum absolute atomic E-state index is 10.8. The molecular formula is C12H18N2O4. The molecule has 1 aromatic carbocycles. The minimum atomic E-state index is -0.391. The number of hydrogen-bond donors (Lipinski definition) is 2. The molecule has 0 aliphatic carbocycles. The van der Waals surface area contributed by atoms with Gasteiger partial charge in [0.25, 0.3) is 5.69 Å². The number of nitro groups is 1. The van der Waals surface area contributed by atoms with Crippen LogP contribution in [0.15, 0.2) is 18.2 Å². The van der Waals surface area contributed by atoms with Gasteiger partial charge in [-0.25, -0.2) is 0 Å². The second-order valence-electron chi connectivity index (χ2n) is 4.03. The summed E-state index contributed by atoms with van der Waals surface area (Å²) in [5, 5.41) is 23.0. The molecule has 0 spiro atoms. The molecule has 6 heteroatoms. The quantitative estimate of drug-likeness (QED) is 0.560. The van der Waals surface area contributed by atoms with Crippen LogP contribution in [0.1, 0.15) is 11.1 Å². The zero-order chi connectivity index (χ0) is 13.5. The Labute approximate surface area is 106 Å². The topological polar surface area (TPSA) is 84.6 Å². The predicted molar refractivity (Wildman–Crippen MR) is 67.4 cm³/mol. The summed E-state index contributed by atoms with van der Waals surface area (Å²) in [6, 6.07) is 4.80. The molecule has 0 saturated heterocycles. The number of hydrogen-bond acceptors (Lipinski definition) is 5. The Balaban J connectivity index is 2.73. The fourth-order valence-electron chi connectivity index (χ4n) is 1.69. The van der Waals surface area contributed by atoms with E-state index in [0.29, 0.717) is 18.7 Å². The molecule has 6 nitrogen and oxygen atoms in total. The molecule has 0 bridgehead atoms. The van der Waals surface area contributed by atoms with E-state index in [1.54, 1.807) is 20.1 Å². The Morgan fingerprint density at radius 3 is 2.83 bits per heavy atom. The third-order valence-corrected chi connectivity index (χ3v) is 2.78. The highest BCUT2D eigenvalue weighted by atomic mass is 16.6. The highest BCUT2D eigenvalue weighted by Gasteiger charge is 2.14. The summed E-state index contributed by atoms with van der Waals surface area (Å²) in [6.07, 6.45) is 0. The van der Waals surface area contributed by atoms with Gasteiger partial charge in [0.2, 0.25) is 0 Å². The third kappa shape index (κ3) is 3.76. The summed E-state index contributed by atoms with van der Waals surface area (Å²) in [7, 11) is 1.56. The first-order valence-corrected chi connectivity index (χ1v) is 5.66. The zero-order valence-corrected chi connectivity index (χ0v) is 10.5. The summed E-state index contributed by atoms with van der Waals surface area (Å²) in [5.41, 5.74) is 1.60. The van der Waals surface area contributed by atoms with E-state index < -0.39 is 4.92 Å². The number of aliphatic hydroxyl groups excluding tert-OH is 1. The number of nitrogens with zero attached hydrogens (tertiary/aromatic N) is 1. The monoisotopic (exact) mass is 254 g/mol. The van der Waals surface area contributed by atoms with E-state index in [2.05, 4.69) is 5.32 Å². The number of benzene rings is 1. The van der Waals surface area contributed by atoms with Crippen molar-refractivity contribution in [3.05, 3.63) is 39.4 Å². The van der Waals surface area contributed by atoms with Crippen LogP contribution in [0.5, 0.6) is 0 Å². The van der Waals surface area contributed by atoms with Crippen molar-refractivity contribution < 1.29 is 14.8 Å². The SMILES string of the molecule is COCC(CO)NCc1cccc([N+](=O)[O-])c1C. The number of rotatable bonds is 7. The molecule has 2 N–H and O–H groups in total. The van der Waals surface area contributed by atoms with Crippen LogP contribution in [0.4, 0.5) is 5.69 Å². The molecule has 1 rings (SSSR count). The van der Waals surface area contributed by atoms with Gasteiger partial charge in [0.1, 0.15) is 0 Å². The molecule has 0 heterocycles. The van der Waals surface area contributed by atoms with Crippen LogP contribution in [0.3, 0.4) is 0 Å². The van der Waals surface area contributed by atoms with Gasteiger partial charge >= 0.3 is 0 Å². The predicted octanol–water partition coefficient (Wildman–Crippen LogP) is 1.00. The van der Waals surface area contributed by atoms with Crippen LogP contribution in [0, 0.1) is 17.0 Å². The van der Waals surface area contributed by atoms with E-state index in [1.807, 2.05) is 6.07 Å². The highest BCUT2D eigenvalue weighted by molar-refractivity contribution is 5.44. The van der Waals surface area contributed by atoms with Crippen molar-refractivity contribution in [2.24, 2.45) is 0 Å². The van der Waals surface area contributed by atoms with E-state index in [9.17, 15) is 10.1 Å². The van der Waals surface area contributed by atoms with Gasteiger partial charge in [-0.3, -0.25) is 10.1 Å². The molecule has 1 unspecified atom stereocenters. The second kappa shape index (κ2) is 7.05. The van der Waals surface area contributed by atoms with Gasteiger partial charge in [0, 0.05) is 25.3 Å². The molecule has 0 saturated carbocycles. The smallest absolute Gasteiger partial charge is 0.272 e. The van der Waals surface area contributed by atoms with E-state index in [4.69, 9.17) is 9.84 Å². The lowest BCUT2D eigenvalue weighted by atomic mass is 10.1. The van der Waals surface area contributed by atoms with Crippen LogP contribution in [-0.2, 0) is 11.3 Å². The lowest BCUT2D eigenvalue weighted by Gasteiger charge is -2.16. The largest absolute Gasteiger partial charge is 0.395 e. The van der Waals surface area contributed by atoms with E-state index in [-0.39, 0.29) is 18.3 Å². The molecule has 0 fully saturated rings. The Morgan fingerprint density at radius 1 is 1.56 bits per heavy atom. The van der Waals surface area contributed by atoms with Crippen LogP contribution < -0.4 is 5.32 Å². The van der Waals surface area contributed by atoms with Gasteiger partial charge in [-0.2, -0.15) is 0 Å². The molecule has 1 aromatic rings. The Hall–Kier alpha value is -1.50. The highest BCUT2D eigenvalue weighted by Crippen LogP contribution is 2.20. The molecule has 0 aliphatic heterocycles. The van der Waals surface area contributed by atoms with E-state index >= 15 is 0 Å². The van der Waals surface area contributed by atoms with E-state index in [0.717, 1.165) is 5.56 Å². The average Bonchev–Trinajstić information content (AvgIpc) is 2.35. The lowest BCUT2D eigenvalue weighted by Crippen LogP contribution is -2.36. The first-order valence-electron chi connectivity index (χ1n) is 5.66. The molecule has 0 radical (unpaired) electrons. The fraction of sp³-hybridized carbons (Fsp3) is 0.500. The lowest BCUT2D eigenvalue weighted by molar-refractivity contribution is -0.385. The van der Waals surface area contributed by atoms with Crippen molar-refractivity contribution in [2.75, 3.05) is 20.3 Å². The van der Waals surface area contributed by atoms with Crippen LogP contribution in [0.25, 0.3) is 0 Å². The number of methoxy groups -OCH3 is 1. The van der Waals surface area contributed by atoms with Crippen molar-refractivity contribution in [3.63, 3.8) is 0 Å². The van der Waals surface area contributed by atoms with Crippen LogP contribution in [0.2, 0.25) is 0 Å². The summed E-state index contributed by atoms with van der Waals surface area (Å²) >= 11 is 0. The molecule has 1 atom stereocenters. The average molecular weight is 254 g/mol. The molecule has 0 aromatic heterocycles. The number of nitrogens with one attached hydrogen (secondary N) is 1. The number of ether oxygens (including phenoxy) is 1. The Morgan fingerprint density at radius 2 is 2.28 bits per heavy atom. The van der Waals surface area contributed by atoms with E-state index in [1.165, 1.54) is 6.07 Å². The first-order chi connectivity index (χ1) is 8.60. The molecule has 18 heavy (non-hydrogen) atoms. The third-order valence-electron chi connectivity index (χ3n) is 2.78. The zero-order valence-electron chi connectivity index (χ0n) is 10.5. The van der Waals surface area contributed by atoms with Crippen molar-refractivity contribution >= 4 is 5.69 Å². The van der Waals surface area contributed by atoms with Gasteiger partial charge in [-0.15, -0.1) is 0 Å². The van der Waals surface area contributed by atoms with Gasteiger partial charge in [-0.1, -0.05) is 12.1 Å². The summed E-state index contributed by atoms with van der Waals surface area (Å²) in [6.45, 7) is 2.54. The van der Waals surface area contributed by atoms with Crippen molar-refractivity contribution in [1.29, 1.82) is 0 Å². The Bertz CT molecular complexity index is 409. The second-order valence-corrected chi connectivity index (χ2v) is 4.03. The standard InChI is InChI=1S/C12H18N2O4/c1-9-10(4-3-5-12(9)14(16)17)6-13-11(7-15)8-18-2/h3-5,11,13,15H,6-8H2,1-2H3. The maximum Gasteiger partial charge on any atom is 0.272 e. The van der Waals surface area contributed by atoms with Crippen molar-refractivity contribution in [2.45, 2.75) is 19.5 Å². The molecule has 0 aliphatic rings. The summed E-state index contributed by atoms with van der Waals surface area (Å²) < 4.78 is 4.94. The minimum Gasteiger partial charge on any atom is -0.395 e. The fourth-order valence-corrected chi connectivity index (χ4v) is 1.69. The van der Waals surface area contributed by atoms with Crippen molar-refractivity contribution in [3.8, 4) is 0 Å². The number of aliphatic hydroxyl groups is 1. The van der Waals surface area contributed by atoms with Crippen LogP contribution >= 0.6 is 0 Å². The van der Waals surface area contributed by atoms with Gasteiger partial charge in [0.15, 0.2) is 0 Å². The van der Waals surface area contributed by atoms with Gasteiger partial charge in [0.05, 0.1) is 24.2 Å². The maximum atomic E-state index is 10.8. The minimum absolute atomic E-state index is 0.0399. The molecule has 0 amide bonds. The van der Waals surface area contributed by atoms with Crippen LogP contribution in [-0.4, -0.2) is 36.4 Å². The molecular weight excluding hydrogens is 236 g/mol. The van der Waals surface area contributed by atoms with Gasteiger partial charge < -0.3 is 15.2 Å². The summed E-state index contributed by atoms with van der Waals surface area (Å²) in [4.78, 5) is 10.4. The van der Waals surface area contributed by atoms with Gasteiger partial charge in [-0.05, 0) is 12.5 Å². The first kappa shape index (κ1) is 14.6. The molecule has 100 valence electrons. The van der Waals surface area contributed by atoms with Crippen molar-refractivity contribution in [1.82, 2.24) is 5.32 Å². The normalized spacial score (nSPS) is 12.4.